The molecule has 11 heteroatoms. The van der Waals surface area contributed by atoms with Crippen LogP contribution in [0.4, 0.5) is 4.39 Å². The number of halogens is 1. The van der Waals surface area contributed by atoms with Crippen LogP contribution in [0.2, 0.25) is 0 Å². The zero-order valence-corrected chi connectivity index (χ0v) is 19.1. The number of aromatic nitrogens is 5. The first-order valence-electron chi connectivity index (χ1n) is 10.8. The van der Waals surface area contributed by atoms with Crippen molar-refractivity contribution < 1.29 is 22.4 Å². The number of ketones is 2. The van der Waals surface area contributed by atoms with E-state index in [2.05, 4.69) is 32.5 Å². The Bertz CT molecular complexity index is 1170. The largest absolute Gasteiger partial charge is 0.365 e. The molecule has 1 aromatic carbocycles. The maximum absolute atomic E-state index is 13.1. The van der Waals surface area contributed by atoms with Crippen molar-refractivity contribution in [3.8, 4) is 0 Å². The van der Waals surface area contributed by atoms with Gasteiger partial charge in [0.15, 0.2) is 9.84 Å². The number of benzene rings is 1. The molecule has 33 heavy (non-hydrogen) atoms. The number of aromatic amines is 2. The van der Waals surface area contributed by atoms with Crippen molar-refractivity contribution in [1.82, 2.24) is 25.6 Å². The number of sulfone groups is 1. The number of unbranched alkanes of at least 4 members (excludes halogenated alkanes) is 1. The van der Waals surface area contributed by atoms with E-state index in [0.29, 0.717) is 18.4 Å². The fourth-order valence-corrected chi connectivity index (χ4v) is 5.08. The molecule has 176 valence electrons. The Balaban J connectivity index is 1.68. The number of hydrogen-bond donors (Lipinski definition) is 2. The van der Waals surface area contributed by atoms with Gasteiger partial charge in [-0.15, -0.1) is 10.2 Å². The fraction of sp³-hybridized carbons (Fsp3) is 0.409. The lowest BCUT2D eigenvalue weighted by atomic mass is 9.90. The first-order chi connectivity index (χ1) is 15.8. The van der Waals surface area contributed by atoms with Crippen molar-refractivity contribution in [1.29, 1.82) is 0 Å². The summed E-state index contributed by atoms with van der Waals surface area (Å²) in [5.74, 6) is -2.28. The smallest absolute Gasteiger partial charge is 0.269 e. The monoisotopic (exact) mass is 475 g/mol. The summed E-state index contributed by atoms with van der Waals surface area (Å²) in [6.07, 6.45) is 5.31. The summed E-state index contributed by atoms with van der Waals surface area (Å²) in [5, 5.41) is 12.6. The maximum Gasteiger partial charge on any atom is 0.269 e. The third kappa shape index (κ3) is 6.41. The minimum atomic E-state index is -3.53. The van der Waals surface area contributed by atoms with E-state index in [-0.39, 0.29) is 28.8 Å². The van der Waals surface area contributed by atoms with Crippen molar-refractivity contribution >= 4 is 21.4 Å². The van der Waals surface area contributed by atoms with Gasteiger partial charge in [-0.05, 0) is 66.3 Å². The molecule has 0 radical (unpaired) electrons. The molecule has 2 aromatic heterocycles. The molecule has 1 atom stereocenters. The maximum atomic E-state index is 13.1. The van der Waals surface area contributed by atoms with E-state index in [4.69, 9.17) is 0 Å². The summed E-state index contributed by atoms with van der Waals surface area (Å²) >= 11 is 0. The highest BCUT2D eigenvalue weighted by atomic mass is 32.2. The molecule has 2 N–H and O–H groups in total. The molecule has 3 rings (SSSR count). The van der Waals surface area contributed by atoms with E-state index in [1.807, 2.05) is 0 Å². The van der Waals surface area contributed by atoms with Gasteiger partial charge in [0, 0.05) is 18.3 Å². The van der Waals surface area contributed by atoms with Crippen LogP contribution in [-0.4, -0.2) is 51.3 Å². The minimum absolute atomic E-state index is 0.00597. The highest BCUT2D eigenvalue weighted by Gasteiger charge is 2.25. The zero-order valence-electron chi connectivity index (χ0n) is 18.3. The number of Topliss-reactive ketones (excluding diaryl/α,β-unsaturated/α-hetero) is 2. The number of nitrogens with zero attached hydrogens (tertiary/aromatic N) is 3. The van der Waals surface area contributed by atoms with Crippen LogP contribution in [0.1, 0.15) is 66.8 Å². The van der Waals surface area contributed by atoms with Gasteiger partial charge in [0.1, 0.15) is 5.82 Å². The topological polar surface area (TPSA) is 139 Å². The molecule has 2 heterocycles. The minimum Gasteiger partial charge on any atom is -0.365 e. The van der Waals surface area contributed by atoms with E-state index in [1.54, 1.807) is 12.3 Å². The lowest BCUT2D eigenvalue weighted by Crippen LogP contribution is -2.19. The van der Waals surface area contributed by atoms with Crippen molar-refractivity contribution in [3.63, 3.8) is 0 Å². The van der Waals surface area contributed by atoms with Crippen LogP contribution in [0.15, 0.2) is 41.4 Å². The van der Waals surface area contributed by atoms with Gasteiger partial charge in [0.2, 0.25) is 11.6 Å². The molecule has 3 aromatic rings. The van der Waals surface area contributed by atoms with Crippen LogP contribution in [0.25, 0.3) is 0 Å². The molecule has 9 nitrogen and oxygen atoms in total. The van der Waals surface area contributed by atoms with E-state index in [1.165, 1.54) is 12.1 Å². The highest BCUT2D eigenvalue weighted by Crippen LogP contribution is 2.30. The number of H-pyrrole nitrogens is 2. The van der Waals surface area contributed by atoms with Crippen molar-refractivity contribution in [2.45, 2.75) is 56.3 Å². The van der Waals surface area contributed by atoms with E-state index in [0.717, 1.165) is 37.1 Å². The van der Waals surface area contributed by atoms with Crippen molar-refractivity contribution in [2.75, 3.05) is 5.75 Å². The standard InChI is InChI=1S/C22H26FN5O4S/c1-2-3-5-15(6-4-13-33(31,32)18-9-7-17(23)8-10-18)20-16(11-12-24-20)14-19(29)21(30)22-25-27-28-26-22/h7-12,15,24H,2-6,13-14H2,1H3,(H,25,26,27,28). The molecular formula is C22H26FN5O4S. The molecule has 0 aliphatic carbocycles. The molecule has 0 fully saturated rings. The van der Waals surface area contributed by atoms with Gasteiger partial charge in [-0.2, -0.15) is 5.21 Å². The first-order valence-corrected chi connectivity index (χ1v) is 12.4. The third-order valence-corrected chi connectivity index (χ3v) is 7.29. The lowest BCUT2D eigenvalue weighted by Gasteiger charge is -2.18. The Morgan fingerprint density at radius 2 is 1.82 bits per heavy atom. The number of carbonyl (C=O) groups is 2. The Morgan fingerprint density at radius 3 is 2.48 bits per heavy atom. The second-order valence-corrected chi connectivity index (χ2v) is 9.94. The molecule has 0 spiro atoms. The Labute approximate surface area is 191 Å². The van der Waals surface area contributed by atoms with E-state index >= 15 is 0 Å². The molecule has 0 saturated heterocycles. The molecule has 0 saturated carbocycles. The predicted octanol–water partition coefficient (Wildman–Crippen LogP) is 3.19. The van der Waals surface area contributed by atoms with Crippen LogP contribution >= 0.6 is 0 Å². The number of carbonyl (C=O) groups excluding carboxylic acids is 2. The SMILES string of the molecule is CCCCC(CCCS(=O)(=O)c1ccc(F)cc1)c1[nH]ccc1CC(=O)C(=O)c1nn[nH]n1. The second kappa shape index (κ2) is 11.1. The van der Waals surface area contributed by atoms with Crippen LogP contribution in [0.5, 0.6) is 0 Å². The van der Waals surface area contributed by atoms with E-state index < -0.39 is 27.2 Å². The fourth-order valence-electron chi connectivity index (χ4n) is 3.75. The van der Waals surface area contributed by atoms with Gasteiger partial charge < -0.3 is 4.98 Å². The highest BCUT2D eigenvalue weighted by molar-refractivity contribution is 7.91. The lowest BCUT2D eigenvalue weighted by molar-refractivity contribution is -0.114. The van der Waals surface area contributed by atoms with Gasteiger partial charge >= 0.3 is 0 Å². The average molecular weight is 476 g/mol. The van der Waals surface area contributed by atoms with Gasteiger partial charge in [0.05, 0.1) is 10.6 Å². The Hall–Kier alpha value is -3.21. The van der Waals surface area contributed by atoms with Crippen molar-refractivity contribution in [2.24, 2.45) is 0 Å². The predicted molar refractivity (Wildman–Crippen MR) is 118 cm³/mol. The summed E-state index contributed by atoms with van der Waals surface area (Å²) in [6.45, 7) is 2.07. The van der Waals surface area contributed by atoms with Crippen LogP contribution in [0, 0.1) is 5.82 Å². The van der Waals surface area contributed by atoms with Gasteiger partial charge in [-0.3, -0.25) is 9.59 Å². The molecule has 0 amide bonds. The number of hydrogen-bond acceptors (Lipinski definition) is 7. The average Bonchev–Trinajstić information content (AvgIpc) is 3.48. The van der Waals surface area contributed by atoms with Gasteiger partial charge in [0.25, 0.3) is 5.78 Å². The second-order valence-electron chi connectivity index (χ2n) is 7.84. The molecular weight excluding hydrogens is 449 g/mol. The normalized spacial score (nSPS) is 12.5. The van der Waals surface area contributed by atoms with Gasteiger partial charge in [-0.1, -0.05) is 19.8 Å². The van der Waals surface area contributed by atoms with Crippen LogP contribution in [-0.2, 0) is 21.1 Å². The molecule has 0 aliphatic rings. The van der Waals surface area contributed by atoms with Crippen LogP contribution < -0.4 is 0 Å². The first kappa shape index (κ1) is 24.4. The molecule has 0 aliphatic heterocycles. The number of tetrazole rings is 1. The van der Waals surface area contributed by atoms with Gasteiger partial charge in [-0.25, -0.2) is 12.8 Å². The Kier molecular flexibility index (Phi) is 8.21. The summed E-state index contributed by atoms with van der Waals surface area (Å²) in [7, 11) is -3.53. The number of rotatable bonds is 13. The summed E-state index contributed by atoms with van der Waals surface area (Å²) in [4.78, 5) is 27.9. The van der Waals surface area contributed by atoms with E-state index in [9.17, 15) is 22.4 Å². The third-order valence-electron chi connectivity index (χ3n) is 5.47. The Morgan fingerprint density at radius 1 is 1.09 bits per heavy atom. The molecule has 0 bridgehead atoms. The molecule has 1 unspecified atom stereocenters. The quantitative estimate of drug-likeness (QED) is 0.220. The van der Waals surface area contributed by atoms with Crippen molar-refractivity contribution in [3.05, 3.63) is 59.4 Å². The number of nitrogens with one attached hydrogen (secondary N) is 2. The summed E-state index contributed by atoms with van der Waals surface area (Å²) in [6, 6.07) is 6.57. The van der Waals surface area contributed by atoms with Crippen LogP contribution in [0.3, 0.4) is 0 Å². The summed E-state index contributed by atoms with van der Waals surface area (Å²) in [5.41, 5.74) is 1.52. The summed E-state index contributed by atoms with van der Waals surface area (Å²) < 4.78 is 38.3. The zero-order chi connectivity index (χ0) is 23.8.